The van der Waals surface area contributed by atoms with Crippen LogP contribution in [0.1, 0.15) is 123 Å². The minimum Gasteiger partial charge on any atom is -0.508 e. The van der Waals surface area contributed by atoms with Gasteiger partial charge < -0.3 is 14.9 Å². The highest BCUT2D eigenvalue weighted by molar-refractivity contribution is 6.00. The van der Waals surface area contributed by atoms with Crippen molar-refractivity contribution in [3.8, 4) is 5.75 Å². The molecule has 5 heteroatoms. The minimum atomic E-state index is -0.129. The maximum absolute atomic E-state index is 14.0. The highest BCUT2D eigenvalue weighted by atomic mass is 16.3. The smallest absolute Gasteiger partial charge is 0.253 e. The van der Waals surface area contributed by atoms with E-state index in [1.54, 1.807) is 24.3 Å². The average molecular weight is 645 g/mol. The van der Waals surface area contributed by atoms with Gasteiger partial charge in [0.1, 0.15) is 5.75 Å². The molecule has 1 aromatic rings. The van der Waals surface area contributed by atoms with Gasteiger partial charge >= 0.3 is 0 Å². The Labute approximate surface area is 285 Å². The van der Waals surface area contributed by atoms with E-state index in [0.717, 1.165) is 42.7 Å². The number of hydrogen-bond donors (Lipinski definition) is 1. The number of likely N-dealkylation sites (N-methyl/N-ethyl adjacent to an activating group) is 1. The Morgan fingerprint density at radius 2 is 1.55 bits per heavy atom. The standard InChI is InChI=1S/C42H64N2O3/c1-27(2)36-33(46)26-42(22-23-44(25-24-43(8)9)38(47)29-10-12-30(45)13-11-29)21-17-32-31(37(36)42)14-15-35-40(32,6)20-18-34-39(4,5)28(3)16-19-41(34,35)7/h10-13,27-28,31-32,34-35,45H,14-26H2,1-9H3. The number of hydrogen-bond acceptors (Lipinski definition) is 4. The van der Waals surface area contributed by atoms with Gasteiger partial charge in [-0.2, -0.15) is 0 Å². The van der Waals surface area contributed by atoms with Gasteiger partial charge in [-0.1, -0.05) is 54.0 Å². The first-order chi connectivity index (χ1) is 22.0. The molecule has 5 aliphatic rings. The number of rotatable bonds is 8. The number of carbonyl (C=O) groups is 2. The molecule has 0 heterocycles. The lowest BCUT2D eigenvalue weighted by Gasteiger charge is -2.69. The lowest BCUT2D eigenvalue weighted by molar-refractivity contribution is -0.189. The SMILES string of the molecule is CC(C)C1=C2C3CCC4C(C)(CCC5C(C)(C)C(C)CCC54C)C3CCC2(CCN(CCN(C)C)C(=O)c2ccc(O)cc2)CC1=O. The van der Waals surface area contributed by atoms with Gasteiger partial charge in [0.05, 0.1) is 0 Å². The van der Waals surface area contributed by atoms with Gasteiger partial charge in [0.2, 0.25) is 0 Å². The quantitative estimate of drug-likeness (QED) is 0.307. The minimum absolute atomic E-state index is 0.0126. The molecule has 5 aliphatic carbocycles. The highest BCUT2D eigenvalue weighted by Crippen LogP contribution is 2.73. The Bertz CT molecular complexity index is 1390. The van der Waals surface area contributed by atoms with E-state index in [-0.39, 0.29) is 23.0 Å². The first-order valence-electron chi connectivity index (χ1n) is 19.1. The van der Waals surface area contributed by atoms with Crippen LogP contribution in [0.25, 0.3) is 0 Å². The molecule has 8 atom stereocenters. The fourth-order valence-corrected chi connectivity index (χ4v) is 12.7. The summed E-state index contributed by atoms with van der Waals surface area (Å²) in [5.41, 5.74) is 4.29. The summed E-state index contributed by atoms with van der Waals surface area (Å²) in [5, 5.41) is 9.84. The Balaban J connectivity index is 1.31. The number of benzene rings is 1. The number of Topliss-reactive ketones (excluding diaryl/α,β-unsaturated/α-hetero) is 1. The summed E-state index contributed by atoms with van der Waals surface area (Å²) >= 11 is 0. The van der Waals surface area contributed by atoms with E-state index in [1.165, 1.54) is 50.5 Å². The Morgan fingerprint density at radius 3 is 2.21 bits per heavy atom. The van der Waals surface area contributed by atoms with Crippen LogP contribution < -0.4 is 0 Å². The summed E-state index contributed by atoms with van der Waals surface area (Å²) in [7, 11) is 4.10. The van der Waals surface area contributed by atoms with Crippen molar-refractivity contribution in [2.45, 2.75) is 113 Å². The van der Waals surface area contributed by atoms with Crippen LogP contribution in [0.15, 0.2) is 35.4 Å². The Morgan fingerprint density at radius 1 is 0.872 bits per heavy atom. The number of carbonyl (C=O) groups excluding carboxylic acids is 2. The van der Waals surface area contributed by atoms with Crippen molar-refractivity contribution in [3.63, 3.8) is 0 Å². The van der Waals surface area contributed by atoms with Crippen molar-refractivity contribution in [2.75, 3.05) is 33.7 Å². The molecule has 0 radical (unpaired) electrons. The maximum atomic E-state index is 14.0. The second-order valence-corrected chi connectivity index (χ2v) is 18.5. The third-order valence-corrected chi connectivity index (χ3v) is 15.4. The lowest BCUT2D eigenvalue weighted by Crippen LogP contribution is -2.61. The van der Waals surface area contributed by atoms with Crippen molar-refractivity contribution in [1.82, 2.24) is 9.80 Å². The van der Waals surface area contributed by atoms with Crippen LogP contribution in [0, 0.1) is 57.2 Å². The number of nitrogens with zero attached hydrogens (tertiary/aromatic N) is 2. The second kappa shape index (κ2) is 12.3. The molecule has 0 saturated heterocycles. The maximum Gasteiger partial charge on any atom is 0.253 e. The zero-order valence-corrected chi connectivity index (χ0v) is 31.1. The Kier molecular flexibility index (Phi) is 9.10. The predicted octanol–water partition coefficient (Wildman–Crippen LogP) is 9.01. The van der Waals surface area contributed by atoms with Crippen molar-refractivity contribution in [3.05, 3.63) is 41.0 Å². The fraction of sp³-hybridized carbons (Fsp3) is 0.762. The molecule has 0 bridgehead atoms. The van der Waals surface area contributed by atoms with Crippen LogP contribution in [0.3, 0.4) is 0 Å². The molecule has 4 saturated carbocycles. The monoisotopic (exact) mass is 644 g/mol. The molecule has 260 valence electrons. The number of amides is 1. The van der Waals surface area contributed by atoms with E-state index in [2.05, 4.69) is 53.4 Å². The highest BCUT2D eigenvalue weighted by Gasteiger charge is 2.65. The number of allylic oxidation sites excluding steroid dienone is 2. The molecule has 1 amide bonds. The van der Waals surface area contributed by atoms with Gasteiger partial charge in [-0.15, -0.1) is 0 Å². The van der Waals surface area contributed by atoms with Crippen molar-refractivity contribution in [1.29, 1.82) is 0 Å². The predicted molar refractivity (Wildman–Crippen MR) is 191 cm³/mol. The normalized spacial score (nSPS) is 37.8. The molecule has 1 aromatic carbocycles. The van der Waals surface area contributed by atoms with Gasteiger partial charge in [0, 0.05) is 37.0 Å². The third kappa shape index (κ3) is 5.63. The van der Waals surface area contributed by atoms with Crippen LogP contribution in [0.5, 0.6) is 5.75 Å². The van der Waals surface area contributed by atoms with Gasteiger partial charge in [0.15, 0.2) is 5.78 Å². The van der Waals surface area contributed by atoms with E-state index < -0.39 is 0 Å². The first-order valence-corrected chi connectivity index (χ1v) is 19.1. The van der Waals surface area contributed by atoms with E-state index in [1.807, 2.05) is 19.0 Å². The molecular formula is C42H64N2O3. The van der Waals surface area contributed by atoms with Gasteiger partial charge in [-0.3, -0.25) is 9.59 Å². The molecular weight excluding hydrogens is 580 g/mol. The fourth-order valence-electron chi connectivity index (χ4n) is 12.7. The van der Waals surface area contributed by atoms with Gasteiger partial charge in [-0.05, 0) is 153 Å². The van der Waals surface area contributed by atoms with Crippen molar-refractivity contribution < 1.29 is 14.7 Å². The number of fused-ring (bicyclic) bond motifs is 7. The molecule has 0 spiro atoms. The average Bonchev–Trinajstić information content (AvgIpc) is 3.31. The van der Waals surface area contributed by atoms with Crippen LogP contribution in [-0.2, 0) is 4.79 Å². The molecule has 4 fully saturated rings. The molecule has 1 N–H and O–H groups in total. The first kappa shape index (κ1) is 34.7. The largest absolute Gasteiger partial charge is 0.508 e. The van der Waals surface area contributed by atoms with Crippen LogP contribution in [0.4, 0.5) is 0 Å². The zero-order chi connectivity index (χ0) is 34.1. The summed E-state index contributed by atoms with van der Waals surface area (Å²) in [6.45, 7) is 19.6. The third-order valence-electron chi connectivity index (χ3n) is 15.4. The van der Waals surface area contributed by atoms with E-state index >= 15 is 0 Å². The number of phenolic OH excluding ortho intramolecular Hbond substituents is 1. The van der Waals surface area contributed by atoms with Gasteiger partial charge in [0.25, 0.3) is 5.91 Å². The lowest BCUT2D eigenvalue weighted by atomic mass is 9.36. The Hall–Kier alpha value is -2.14. The molecule has 47 heavy (non-hydrogen) atoms. The molecule has 6 rings (SSSR count). The zero-order valence-electron chi connectivity index (χ0n) is 31.1. The molecule has 0 aliphatic heterocycles. The summed E-state index contributed by atoms with van der Waals surface area (Å²) in [6.07, 6.45) is 11.7. The van der Waals surface area contributed by atoms with Crippen LogP contribution in [0.2, 0.25) is 0 Å². The summed E-state index contributed by atoms with van der Waals surface area (Å²) in [6, 6.07) is 6.66. The second-order valence-electron chi connectivity index (χ2n) is 18.5. The summed E-state index contributed by atoms with van der Waals surface area (Å²) in [5.74, 6) is 4.29. The van der Waals surface area contributed by atoms with Gasteiger partial charge in [-0.25, -0.2) is 0 Å². The molecule has 8 unspecified atom stereocenters. The number of phenols is 1. The summed E-state index contributed by atoms with van der Waals surface area (Å²) < 4.78 is 0. The van der Waals surface area contributed by atoms with Crippen LogP contribution in [-0.4, -0.2) is 60.3 Å². The van der Waals surface area contributed by atoms with Crippen molar-refractivity contribution in [2.24, 2.45) is 57.2 Å². The topological polar surface area (TPSA) is 60.9 Å². The number of aromatic hydroxyl groups is 1. The van der Waals surface area contributed by atoms with Crippen molar-refractivity contribution >= 4 is 11.7 Å². The molecule has 5 nitrogen and oxygen atoms in total. The van der Waals surface area contributed by atoms with Crippen LogP contribution >= 0.6 is 0 Å². The van der Waals surface area contributed by atoms with E-state index in [9.17, 15) is 14.7 Å². The van der Waals surface area contributed by atoms with E-state index in [0.29, 0.717) is 58.9 Å². The molecule has 0 aromatic heterocycles. The summed E-state index contributed by atoms with van der Waals surface area (Å²) in [4.78, 5) is 32.0. The number of ketones is 1. The van der Waals surface area contributed by atoms with E-state index in [4.69, 9.17) is 0 Å².